The molecule has 0 bridgehead atoms. The zero-order valence-electron chi connectivity index (χ0n) is 12.6. The van der Waals surface area contributed by atoms with Crippen LogP contribution in [0.5, 0.6) is 0 Å². The van der Waals surface area contributed by atoms with Crippen LogP contribution in [0.15, 0.2) is 42.5 Å². The Morgan fingerprint density at radius 3 is 2.78 bits per heavy atom. The summed E-state index contributed by atoms with van der Waals surface area (Å²) in [4.78, 5) is 22.9. The third kappa shape index (κ3) is 2.91. The van der Waals surface area contributed by atoms with Gasteiger partial charge in [0, 0.05) is 28.6 Å². The Labute approximate surface area is 132 Å². The standard InChI is InChI=1S/C17H16N4O2/c1-2-15(22)19-12-5-3-4-10(8-12)16-13-9-11(17(18)23)6-7-14(13)20-21-16/h3-9H,2H2,1H3,(H2,18,23)(H,19,22)(H,20,21). The average molecular weight is 308 g/mol. The molecule has 0 saturated heterocycles. The fourth-order valence-electron chi connectivity index (χ4n) is 2.38. The van der Waals surface area contributed by atoms with E-state index < -0.39 is 5.91 Å². The van der Waals surface area contributed by atoms with E-state index in [2.05, 4.69) is 15.5 Å². The predicted octanol–water partition coefficient (Wildman–Crippen LogP) is 2.68. The lowest BCUT2D eigenvalue weighted by Crippen LogP contribution is -2.10. The minimum Gasteiger partial charge on any atom is -0.366 e. The van der Waals surface area contributed by atoms with E-state index >= 15 is 0 Å². The zero-order valence-corrected chi connectivity index (χ0v) is 12.6. The molecule has 3 aromatic rings. The molecule has 0 atom stereocenters. The highest BCUT2D eigenvalue weighted by Crippen LogP contribution is 2.28. The smallest absolute Gasteiger partial charge is 0.248 e. The number of benzene rings is 2. The van der Waals surface area contributed by atoms with E-state index in [0.717, 1.165) is 16.5 Å². The molecule has 116 valence electrons. The van der Waals surface area contributed by atoms with Crippen molar-refractivity contribution >= 4 is 28.4 Å². The largest absolute Gasteiger partial charge is 0.366 e. The van der Waals surface area contributed by atoms with Gasteiger partial charge in [0.2, 0.25) is 11.8 Å². The number of fused-ring (bicyclic) bond motifs is 1. The second-order valence-electron chi connectivity index (χ2n) is 5.18. The van der Waals surface area contributed by atoms with Crippen LogP contribution in [-0.2, 0) is 4.79 Å². The number of nitrogens with zero attached hydrogens (tertiary/aromatic N) is 1. The molecule has 6 nitrogen and oxygen atoms in total. The number of nitrogens with one attached hydrogen (secondary N) is 2. The maximum atomic E-state index is 11.5. The minimum atomic E-state index is -0.483. The van der Waals surface area contributed by atoms with Crippen molar-refractivity contribution in [2.45, 2.75) is 13.3 Å². The van der Waals surface area contributed by atoms with Gasteiger partial charge in [-0.25, -0.2) is 0 Å². The van der Waals surface area contributed by atoms with E-state index in [1.54, 1.807) is 25.1 Å². The van der Waals surface area contributed by atoms with Gasteiger partial charge in [0.1, 0.15) is 0 Å². The van der Waals surface area contributed by atoms with Crippen LogP contribution < -0.4 is 11.1 Å². The molecule has 2 aromatic carbocycles. The first kappa shape index (κ1) is 14.8. The summed E-state index contributed by atoms with van der Waals surface area (Å²) in [7, 11) is 0. The van der Waals surface area contributed by atoms with Gasteiger partial charge in [0.05, 0.1) is 11.2 Å². The van der Waals surface area contributed by atoms with Crippen molar-refractivity contribution in [1.29, 1.82) is 0 Å². The lowest BCUT2D eigenvalue weighted by atomic mass is 10.0. The molecule has 3 rings (SSSR count). The summed E-state index contributed by atoms with van der Waals surface area (Å²) in [5.74, 6) is -0.534. The topological polar surface area (TPSA) is 101 Å². The maximum absolute atomic E-state index is 11.5. The number of nitrogens with two attached hydrogens (primary N) is 1. The quantitative estimate of drug-likeness (QED) is 0.690. The highest BCUT2D eigenvalue weighted by molar-refractivity contribution is 6.01. The summed E-state index contributed by atoms with van der Waals surface area (Å²) in [6.45, 7) is 1.80. The first-order valence-electron chi connectivity index (χ1n) is 7.26. The van der Waals surface area contributed by atoms with Crippen molar-refractivity contribution in [3.63, 3.8) is 0 Å². The molecule has 0 unspecified atom stereocenters. The number of aromatic nitrogens is 2. The third-order valence-corrected chi connectivity index (χ3v) is 3.59. The van der Waals surface area contributed by atoms with Crippen molar-refractivity contribution in [1.82, 2.24) is 10.2 Å². The molecule has 0 aliphatic heterocycles. The SMILES string of the molecule is CCC(=O)Nc1cccc(-c2n[nH]c3ccc(C(N)=O)cc23)c1. The van der Waals surface area contributed by atoms with Crippen LogP contribution >= 0.6 is 0 Å². The molecule has 0 radical (unpaired) electrons. The van der Waals surface area contributed by atoms with E-state index in [1.807, 2.05) is 24.3 Å². The van der Waals surface area contributed by atoms with Gasteiger partial charge < -0.3 is 11.1 Å². The molecule has 0 fully saturated rings. The number of carbonyl (C=O) groups is 2. The Bertz CT molecular complexity index is 898. The summed E-state index contributed by atoms with van der Waals surface area (Å²) < 4.78 is 0. The van der Waals surface area contributed by atoms with Crippen LogP contribution in [0.3, 0.4) is 0 Å². The minimum absolute atomic E-state index is 0.0509. The molecule has 1 heterocycles. The molecule has 0 spiro atoms. The number of anilines is 1. The number of rotatable bonds is 4. The highest BCUT2D eigenvalue weighted by atomic mass is 16.1. The van der Waals surface area contributed by atoms with Crippen LogP contribution in [0.2, 0.25) is 0 Å². The monoisotopic (exact) mass is 308 g/mol. The zero-order chi connectivity index (χ0) is 16.4. The molecular formula is C17H16N4O2. The van der Waals surface area contributed by atoms with Crippen molar-refractivity contribution in [3.05, 3.63) is 48.0 Å². The van der Waals surface area contributed by atoms with Gasteiger partial charge in [-0.1, -0.05) is 19.1 Å². The van der Waals surface area contributed by atoms with Crippen molar-refractivity contribution in [2.24, 2.45) is 5.73 Å². The van der Waals surface area contributed by atoms with Crippen LogP contribution in [0, 0.1) is 0 Å². The summed E-state index contributed by atoms with van der Waals surface area (Å²) in [6.07, 6.45) is 0.414. The molecule has 1 aromatic heterocycles. The fourth-order valence-corrected chi connectivity index (χ4v) is 2.38. The third-order valence-electron chi connectivity index (χ3n) is 3.59. The molecule has 6 heteroatoms. The Kier molecular flexibility index (Phi) is 3.80. The summed E-state index contributed by atoms with van der Waals surface area (Å²) in [5, 5.41) is 10.9. The van der Waals surface area contributed by atoms with Gasteiger partial charge in [-0.15, -0.1) is 0 Å². The van der Waals surface area contributed by atoms with Crippen LogP contribution in [0.25, 0.3) is 22.2 Å². The molecular weight excluding hydrogens is 292 g/mol. The lowest BCUT2D eigenvalue weighted by molar-refractivity contribution is -0.115. The number of H-pyrrole nitrogens is 1. The Balaban J connectivity index is 2.06. The average Bonchev–Trinajstić information content (AvgIpc) is 2.98. The van der Waals surface area contributed by atoms with E-state index in [9.17, 15) is 9.59 Å². The van der Waals surface area contributed by atoms with E-state index in [1.165, 1.54) is 0 Å². The maximum Gasteiger partial charge on any atom is 0.248 e. The number of amides is 2. The normalized spacial score (nSPS) is 10.7. The number of primary amides is 1. The second kappa shape index (κ2) is 5.92. The van der Waals surface area contributed by atoms with Gasteiger partial charge in [0.15, 0.2) is 0 Å². The van der Waals surface area contributed by atoms with Gasteiger partial charge in [0.25, 0.3) is 0 Å². The molecule has 0 aliphatic rings. The van der Waals surface area contributed by atoms with E-state index in [-0.39, 0.29) is 5.91 Å². The van der Waals surface area contributed by atoms with Gasteiger partial charge in [-0.05, 0) is 30.3 Å². The first-order valence-corrected chi connectivity index (χ1v) is 7.26. The number of hydrogen-bond acceptors (Lipinski definition) is 3. The molecule has 2 amide bonds. The van der Waals surface area contributed by atoms with Crippen molar-refractivity contribution < 1.29 is 9.59 Å². The van der Waals surface area contributed by atoms with Gasteiger partial charge in [-0.2, -0.15) is 5.10 Å². The Morgan fingerprint density at radius 1 is 1.22 bits per heavy atom. The molecule has 0 saturated carbocycles. The lowest BCUT2D eigenvalue weighted by Gasteiger charge is -2.05. The number of aromatic amines is 1. The molecule has 0 aliphatic carbocycles. The Hall–Kier alpha value is -3.15. The highest BCUT2D eigenvalue weighted by Gasteiger charge is 2.11. The van der Waals surface area contributed by atoms with E-state index in [0.29, 0.717) is 23.4 Å². The van der Waals surface area contributed by atoms with Gasteiger partial charge >= 0.3 is 0 Å². The number of hydrogen-bond donors (Lipinski definition) is 3. The van der Waals surface area contributed by atoms with Gasteiger partial charge in [-0.3, -0.25) is 14.7 Å². The summed E-state index contributed by atoms with van der Waals surface area (Å²) in [6, 6.07) is 12.6. The first-order chi connectivity index (χ1) is 11.1. The second-order valence-corrected chi connectivity index (χ2v) is 5.18. The predicted molar refractivity (Wildman–Crippen MR) is 89.0 cm³/mol. The van der Waals surface area contributed by atoms with Crippen LogP contribution in [-0.4, -0.2) is 22.0 Å². The van der Waals surface area contributed by atoms with Crippen LogP contribution in [0.1, 0.15) is 23.7 Å². The van der Waals surface area contributed by atoms with Crippen molar-refractivity contribution in [3.8, 4) is 11.3 Å². The number of carbonyl (C=O) groups excluding carboxylic acids is 2. The molecule has 23 heavy (non-hydrogen) atoms. The van der Waals surface area contributed by atoms with Crippen LogP contribution in [0.4, 0.5) is 5.69 Å². The summed E-state index contributed by atoms with van der Waals surface area (Å²) >= 11 is 0. The molecule has 4 N–H and O–H groups in total. The fraction of sp³-hybridized carbons (Fsp3) is 0.118. The van der Waals surface area contributed by atoms with E-state index in [4.69, 9.17) is 5.73 Å². The summed E-state index contributed by atoms with van der Waals surface area (Å²) in [5.41, 5.74) is 8.83. The van der Waals surface area contributed by atoms with Crippen molar-refractivity contribution in [2.75, 3.05) is 5.32 Å². The Morgan fingerprint density at radius 2 is 2.04 bits per heavy atom.